The first-order chi connectivity index (χ1) is 20.5. The van der Waals surface area contributed by atoms with E-state index in [0.717, 1.165) is 21.6 Å². The van der Waals surface area contributed by atoms with Crippen LogP contribution in [0.1, 0.15) is 28.2 Å². The third-order valence-electron chi connectivity index (χ3n) is 7.89. The number of rotatable bonds is 8. The van der Waals surface area contributed by atoms with Gasteiger partial charge in [-0.25, -0.2) is 4.79 Å². The molecule has 4 aromatic rings. The number of hydrogen-bond donors (Lipinski definition) is 1. The van der Waals surface area contributed by atoms with E-state index >= 15 is 0 Å². The van der Waals surface area contributed by atoms with Crippen LogP contribution in [0.15, 0.2) is 115 Å². The number of fused-ring (bicyclic) bond motifs is 3. The van der Waals surface area contributed by atoms with Crippen LogP contribution in [0, 0.1) is 11.3 Å². The summed E-state index contributed by atoms with van der Waals surface area (Å²) in [6.07, 6.45) is -2.34. The zero-order valence-electron chi connectivity index (χ0n) is 22.7. The van der Waals surface area contributed by atoms with E-state index in [1.165, 1.54) is 0 Å². The first kappa shape index (κ1) is 27.2. The van der Waals surface area contributed by atoms with Gasteiger partial charge in [-0.15, -0.1) is 0 Å². The topological polar surface area (TPSA) is 102 Å². The molecule has 8 nitrogen and oxygen atoms in total. The number of aliphatic hydroxyl groups excluding tert-OH is 1. The van der Waals surface area contributed by atoms with Crippen LogP contribution in [-0.4, -0.2) is 29.4 Å². The molecule has 6 rings (SSSR count). The van der Waals surface area contributed by atoms with Gasteiger partial charge >= 0.3 is 18.0 Å². The molecule has 0 spiro atoms. The van der Waals surface area contributed by atoms with Gasteiger partial charge in [-0.3, -0.25) is 14.5 Å². The number of nitrogens with zero attached hydrogens (tertiary/aromatic N) is 1. The van der Waals surface area contributed by atoms with E-state index in [-0.39, 0.29) is 19.8 Å². The van der Waals surface area contributed by atoms with E-state index in [0.29, 0.717) is 11.3 Å². The summed E-state index contributed by atoms with van der Waals surface area (Å²) < 4.78 is 17.0. The summed E-state index contributed by atoms with van der Waals surface area (Å²) in [5.74, 6) is -3.38. The summed E-state index contributed by atoms with van der Waals surface area (Å²) in [5, 5.41) is 11.6. The third-order valence-corrected chi connectivity index (χ3v) is 7.89. The minimum absolute atomic E-state index is 0.0114. The second kappa shape index (κ2) is 11.5. The molecule has 1 N–H and O–H groups in total. The quantitative estimate of drug-likeness (QED) is 0.175. The largest absolute Gasteiger partial charge is 0.460 e. The molecule has 1 heterocycles. The monoisotopic (exact) mass is 563 g/mol. The van der Waals surface area contributed by atoms with Crippen molar-refractivity contribution in [3.63, 3.8) is 0 Å². The Bertz CT molecular complexity index is 1520. The molecule has 4 aromatic carbocycles. The molecule has 0 radical (unpaired) electrons. The van der Waals surface area contributed by atoms with E-state index < -0.39 is 41.5 Å². The van der Waals surface area contributed by atoms with Crippen LogP contribution >= 0.6 is 0 Å². The molecular weight excluding hydrogens is 534 g/mol. The Morgan fingerprint density at radius 1 is 0.619 bits per heavy atom. The number of ether oxygens (including phenoxy) is 3. The molecule has 1 saturated carbocycles. The van der Waals surface area contributed by atoms with Crippen molar-refractivity contribution in [3.05, 3.63) is 138 Å². The van der Waals surface area contributed by atoms with Gasteiger partial charge in [0.15, 0.2) is 5.41 Å². The Hall–Kier alpha value is -4.95. The molecule has 1 amide bonds. The predicted molar refractivity (Wildman–Crippen MR) is 153 cm³/mol. The lowest BCUT2D eigenvalue weighted by Gasteiger charge is -2.32. The molecule has 2 aliphatic rings. The van der Waals surface area contributed by atoms with Gasteiger partial charge in [0.25, 0.3) is 0 Å². The van der Waals surface area contributed by atoms with Crippen molar-refractivity contribution < 1.29 is 33.7 Å². The van der Waals surface area contributed by atoms with Crippen molar-refractivity contribution in [1.29, 1.82) is 0 Å². The Balaban J connectivity index is 1.31. The van der Waals surface area contributed by atoms with Crippen LogP contribution in [0.3, 0.4) is 0 Å². The van der Waals surface area contributed by atoms with Crippen molar-refractivity contribution in [3.8, 4) is 0 Å². The lowest BCUT2D eigenvalue weighted by molar-refractivity contribution is -0.168. The Kier molecular flexibility index (Phi) is 7.46. The molecular formula is C34H29NO7. The summed E-state index contributed by atoms with van der Waals surface area (Å²) in [6, 6.07) is 34.3. The van der Waals surface area contributed by atoms with Gasteiger partial charge in [0.1, 0.15) is 26.0 Å². The number of carbonyl (C=O) groups excluding carboxylic acids is 3. The molecule has 1 fully saturated rings. The number of aliphatic hydroxyl groups is 1. The first-order valence-electron chi connectivity index (χ1n) is 13.7. The minimum atomic E-state index is -1.85. The number of benzene rings is 4. The smallest absolute Gasteiger partial charge is 0.416 e. The normalized spacial score (nSPS) is 19.5. The molecule has 0 saturated heterocycles. The van der Waals surface area contributed by atoms with Crippen LogP contribution in [0.25, 0.3) is 0 Å². The summed E-state index contributed by atoms with van der Waals surface area (Å²) in [7, 11) is 0. The fourth-order valence-electron chi connectivity index (χ4n) is 5.82. The molecule has 42 heavy (non-hydrogen) atoms. The average molecular weight is 564 g/mol. The molecule has 1 aliphatic carbocycles. The lowest BCUT2D eigenvalue weighted by Crippen LogP contribution is -2.46. The lowest BCUT2D eigenvalue weighted by atomic mass is 9.97. The van der Waals surface area contributed by atoms with E-state index in [4.69, 9.17) is 14.2 Å². The Labute approximate surface area is 243 Å². The highest BCUT2D eigenvalue weighted by molar-refractivity contribution is 6.08. The first-order valence-corrected chi connectivity index (χ1v) is 13.7. The SMILES string of the molecule is O=C(OCc1ccccc1)N1c2ccccc2[C@@H]2[C@H]([C@@H]1O)C2(C(=O)OCc1ccccc1)C(=O)OCc1ccccc1. The number of anilines is 1. The van der Waals surface area contributed by atoms with Gasteiger partial charge in [0.2, 0.25) is 0 Å². The molecule has 8 heteroatoms. The van der Waals surface area contributed by atoms with Gasteiger partial charge < -0.3 is 19.3 Å². The standard InChI is InChI=1S/C34H29NO7/c36-30-29-28(26-18-10-11-19-27(26)35(30)33(39)42-22-25-16-8-3-9-17-25)34(29,31(37)40-20-23-12-4-1-5-13-23)32(38)41-21-24-14-6-2-7-15-24/h1-19,28-30,36H,20-22H2/t28-,29-,30+/m1/s1. The molecule has 0 unspecified atom stereocenters. The summed E-state index contributed by atoms with van der Waals surface area (Å²) in [5.41, 5.74) is 1.32. The maximum atomic E-state index is 13.9. The van der Waals surface area contributed by atoms with Crippen LogP contribution in [0.5, 0.6) is 0 Å². The van der Waals surface area contributed by atoms with E-state index in [2.05, 4.69) is 0 Å². The highest BCUT2D eigenvalue weighted by Gasteiger charge is 2.81. The highest BCUT2D eigenvalue weighted by Crippen LogP contribution is 2.71. The third kappa shape index (κ3) is 4.90. The van der Waals surface area contributed by atoms with Crippen LogP contribution in [-0.2, 0) is 43.6 Å². The van der Waals surface area contributed by atoms with Gasteiger partial charge in [-0.1, -0.05) is 109 Å². The zero-order valence-corrected chi connectivity index (χ0v) is 22.7. The molecule has 0 bridgehead atoms. The summed E-state index contributed by atoms with van der Waals surface area (Å²) >= 11 is 0. The van der Waals surface area contributed by atoms with E-state index in [1.807, 2.05) is 91.0 Å². The Morgan fingerprint density at radius 3 is 1.55 bits per heavy atom. The summed E-state index contributed by atoms with van der Waals surface area (Å²) in [4.78, 5) is 42.3. The molecule has 1 aliphatic heterocycles. The number of amides is 1. The second-order valence-electron chi connectivity index (χ2n) is 10.4. The highest BCUT2D eigenvalue weighted by atomic mass is 16.6. The molecule has 3 atom stereocenters. The van der Waals surface area contributed by atoms with Crippen molar-refractivity contribution in [1.82, 2.24) is 0 Å². The van der Waals surface area contributed by atoms with Gasteiger partial charge in [-0.05, 0) is 28.3 Å². The number of carbonyl (C=O) groups is 3. The van der Waals surface area contributed by atoms with E-state index in [9.17, 15) is 19.5 Å². The Morgan fingerprint density at radius 2 is 1.05 bits per heavy atom. The predicted octanol–water partition coefficient (Wildman–Crippen LogP) is 5.35. The minimum Gasteiger partial charge on any atom is -0.460 e. The zero-order chi connectivity index (χ0) is 29.1. The second-order valence-corrected chi connectivity index (χ2v) is 10.4. The van der Waals surface area contributed by atoms with Crippen molar-refractivity contribution >= 4 is 23.7 Å². The van der Waals surface area contributed by atoms with Gasteiger partial charge in [-0.2, -0.15) is 0 Å². The van der Waals surface area contributed by atoms with Crippen LogP contribution < -0.4 is 4.90 Å². The number of esters is 2. The maximum absolute atomic E-state index is 13.9. The van der Waals surface area contributed by atoms with Gasteiger partial charge in [0.05, 0.1) is 5.69 Å². The van der Waals surface area contributed by atoms with Crippen molar-refractivity contribution in [2.45, 2.75) is 32.0 Å². The number of para-hydroxylation sites is 1. The molecule has 212 valence electrons. The molecule has 0 aromatic heterocycles. The van der Waals surface area contributed by atoms with E-state index in [1.54, 1.807) is 24.3 Å². The maximum Gasteiger partial charge on any atom is 0.416 e. The fraction of sp³-hybridized carbons (Fsp3) is 0.206. The summed E-state index contributed by atoms with van der Waals surface area (Å²) in [6.45, 7) is -0.136. The van der Waals surface area contributed by atoms with Crippen molar-refractivity contribution in [2.75, 3.05) is 4.90 Å². The fourth-order valence-corrected chi connectivity index (χ4v) is 5.82. The number of hydrogen-bond acceptors (Lipinski definition) is 7. The van der Waals surface area contributed by atoms with Crippen LogP contribution in [0.4, 0.5) is 10.5 Å². The average Bonchev–Trinajstić information content (AvgIpc) is 3.75. The van der Waals surface area contributed by atoms with Crippen LogP contribution in [0.2, 0.25) is 0 Å². The van der Waals surface area contributed by atoms with Gasteiger partial charge in [0, 0.05) is 11.8 Å². The van der Waals surface area contributed by atoms with Crippen molar-refractivity contribution in [2.24, 2.45) is 11.3 Å².